The van der Waals surface area contributed by atoms with Crippen molar-refractivity contribution in [3.8, 4) is 0 Å². The van der Waals surface area contributed by atoms with Gasteiger partial charge in [-0.1, -0.05) is 0 Å². The van der Waals surface area contributed by atoms with Crippen LogP contribution in [0.2, 0.25) is 0 Å². The molecule has 0 amide bonds. The number of hydrogen-bond donors (Lipinski definition) is 1. The van der Waals surface area contributed by atoms with Crippen molar-refractivity contribution in [1.29, 1.82) is 0 Å². The van der Waals surface area contributed by atoms with Crippen LogP contribution in [0, 0.1) is 12.8 Å². The molecule has 1 N–H and O–H groups in total. The third kappa shape index (κ3) is 2.31. The van der Waals surface area contributed by atoms with E-state index in [1.165, 1.54) is 31.5 Å². The van der Waals surface area contributed by atoms with Crippen molar-refractivity contribution in [2.24, 2.45) is 5.92 Å². The first-order valence-electron chi connectivity index (χ1n) is 5.04. The SMILES string of the molecule is Cc1cnn(CC2CCNCC2)c1. The molecule has 1 saturated heterocycles. The van der Waals surface area contributed by atoms with Crippen LogP contribution in [0.15, 0.2) is 12.4 Å². The summed E-state index contributed by atoms with van der Waals surface area (Å²) in [6, 6.07) is 0. The zero-order valence-electron chi connectivity index (χ0n) is 8.16. The summed E-state index contributed by atoms with van der Waals surface area (Å²) in [6.07, 6.45) is 6.64. The molecule has 0 unspecified atom stereocenters. The van der Waals surface area contributed by atoms with E-state index >= 15 is 0 Å². The van der Waals surface area contributed by atoms with Gasteiger partial charge in [0.25, 0.3) is 0 Å². The number of aromatic nitrogens is 2. The zero-order valence-corrected chi connectivity index (χ0v) is 8.16. The predicted molar refractivity (Wildman–Crippen MR) is 52.6 cm³/mol. The van der Waals surface area contributed by atoms with Crippen molar-refractivity contribution < 1.29 is 0 Å². The van der Waals surface area contributed by atoms with Crippen LogP contribution in [0.5, 0.6) is 0 Å². The van der Waals surface area contributed by atoms with E-state index in [4.69, 9.17) is 0 Å². The van der Waals surface area contributed by atoms with Gasteiger partial charge in [0, 0.05) is 12.7 Å². The van der Waals surface area contributed by atoms with E-state index in [0.717, 1.165) is 12.5 Å². The predicted octanol–water partition coefficient (Wildman–Crippen LogP) is 1.19. The van der Waals surface area contributed by atoms with E-state index in [9.17, 15) is 0 Å². The van der Waals surface area contributed by atoms with Crippen LogP contribution in [0.25, 0.3) is 0 Å². The molecule has 1 aromatic heterocycles. The molecule has 2 rings (SSSR count). The number of aryl methyl sites for hydroxylation is 1. The Kier molecular flexibility index (Phi) is 2.64. The van der Waals surface area contributed by atoms with Gasteiger partial charge in [-0.05, 0) is 44.3 Å². The van der Waals surface area contributed by atoms with Gasteiger partial charge in [0.1, 0.15) is 0 Å². The Balaban J connectivity index is 1.89. The first kappa shape index (κ1) is 8.75. The summed E-state index contributed by atoms with van der Waals surface area (Å²) >= 11 is 0. The van der Waals surface area contributed by atoms with Crippen molar-refractivity contribution >= 4 is 0 Å². The molecule has 0 spiro atoms. The summed E-state index contributed by atoms with van der Waals surface area (Å²) in [4.78, 5) is 0. The monoisotopic (exact) mass is 179 g/mol. The second-order valence-electron chi connectivity index (χ2n) is 3.93. The molecule has 0 radical (unpaired) electrons. The first-order valence-corrected chi connectivity index (χ1v) is 5.04. The maximum atomic E-state index is 4.31. The molecule has 0 saturated carbocycles. The summed E-state index contributed by atoms with van der Waals surface area (Å²) in [5, 5.41) is 7.68. The maximum Gasteiger partial charge on any atom is 0.0518 e. The van der Waals surface area contributed by atoms with Gasteiger partial charge in [-0.25, -0.2) is 0 Å². The minimum Gasteiger partial charge on any atom is -0.317 e. The van der Waals surface area contributed by atoms with Gasteiger partial charge in [-0.15, -0.1) is 0 Å². The molecule has 0 aliphatic carbocycles. The Bertz CT molecular complexity index is 261. The summed E-state index contributed by atoms with van der Waals surface area (Å²) in [5.74, 6) is 0.820. The number of rotatable bonds is 2. The van der Waals surface area contributed by atoms with Crippen LogP contribution in [0.3, 0.4) is 0 Å². The highest BCUT2D eigenvalue weighted by Crippen LogP contribution is 2.13. The summed E-state index contributed by atoms with van der Waals surface area (Å²) in [6.45, 7) is 5.53. The molecule has 2 heterocycles. The average molecular weight is 179 g/mol. The molecule has 72 valence electrons. The Morgan fingerprint density at radius 2 is 2.31 bits per heavy atom. The first-order chi connectivity index (χ1) is 6.34. The minimum atomic E-state index is 0.820. The lowest BCUT2D eigenvalue weighted by atomic mass is 9.98. The number of nitrogens with one attached hydrogen (secondary N) is 1. The summed E-state index contributed by atoms with van der Waals surface area (Å²) in [5.41, 5.74) is 1.26. The van der Waals surface area contributed by atoms with Crippen LogP contribution >= 0.6 is 0 Å². The van der Waals surface area contributed by atoms with Gasteiger partial charge in [0.05, 0.1) is 6.20 Å². The molecular formula is C10H17N3. The van der Waals surface area contributed by atoms with Gasteiger partial charge < -0.3 is 5.32 Å². The van der Waals surface area contributed by atoms with E-state index in [2.05, 4.69) is 28.2 Å². The van der Waals surface area contributed by atoms with Crippen molar-refractivity contribution in [3.63, 3.8) is 0 Å². The van der Waals surface area contributed by atoms with Crippen LogP contribution in [0.4, 0.5) is 0 Å². The molecule has 1 fully saturated rings. The fraction of sp³-hybridized carbons (Fsp3) is 0.700. The third-order valence-corrected chi connectivity index (χ3v) is 2.67. The number of nitrogens with zero attached hydrogens (tertiary/aromatic N) is 2. The third-order valence-electron chi connectivity index (χ3n) is 2.67. The van der Waals surface area contributed by atoms with Gasteiger partial charge in [0.15, 0.2) is 0 Å². The fourth-order valence-corrected chi connectivity index (χ4v) is 1.90. The second kappa shape index (κ2) is 3.92. The Morgan fingerprint density at radius 1 is 1.54 bits per heavy atom. The largest absolute Gasteiger partial charge is 0.317 e. The Hall–Kier alpha value is -0.830. The Morgan fingerprint density at radius 3 is 2.92 bits per heavy atom. The molecule has 0 aromatic carbocycles. The minimum absolute atomic E-state index is 0.820. The summed E-state index contributed by atoms with van der Waals surface area (Å²) < 4.78 is 2.07. The average Bonchev–Trinajstić information content (AvgIpc) is 2.53. The molecule has 3 heteroatoms. The highest BCUT2D eigenvalue weighted by atomic mass is 15.3. The van der Waals surface area contributed by atoms with Crippen LogP contribution < -0.4 is 5.32 Å². The van der Waals surface area contributed by atoms with Crippen molar-refractivity contribution in [1.82, 2.24) is 15.1 Å². The fourth-order valence-electron chi connectivity index (χ4n) is 1.90. The normalized spacial score (nSPS) is 19.2. The number of hydrogen-bond acceptors (Lipinski definition) is 2. The van der Waals surface area contributed by atoms with Crippen LogP contribution in [-0.4, -0.2) is 22.9 Å². The molecule has 1 aliphatic heterocycles. The van der Waals surface area contributed by atoms with Crippen LogP contribution in [0.1, 0.15) is 18.4 Å². The van der Waals surface area contributed by atoms with Gasteiger partial charge in [-0.3, -0.25) is 4.68 Å². The smallest absolute Gasteiger partial charge is 0.0518 e. The van der Waals surface area contributed by atoms with Gasteiger partial charge in [0.2, 0.25) is 0 Å². The van der Waals surface area contributed by atoms with Gasteiger partial charge >= 0.3 is 0 Å². The van der Waals surface area contributed by atoms with E-state index in [0.29, 0.717) is 0 Å². The van der Waals surface area contributed by atoms with Gasteiger partial charge in [-0.2, -0.15) is 5.10 Å². The lowest BCUT2D eigenvalue weighted by molar-refractivity contribution is 0.321. The second-order valence-corrected chi connectivity index (χ2v) is 3.93. The highest BCUT2D eigenvalue weighted by molar-refractivity contribution is 4.99. The molecule has 3 nitrogen and oxygen atoms in total. The lowest BCUT2D eigenvalue weighted by Crippen LogP contribution is -2.29. The van der Waals surface area contributed by atoms with E-state index < -0.39 is 0 Å². The Labute approximate surface area is 79.1 Å². The molecule has 0 atom stereocenters. The molecule has 1 aliphatic rings. The quantitative estimate of drug-likeness (QED) is 0.739. The lowest BCUT2D eigenvalue weighted by Gasteiger charge is -2.22. The number of piperidine rings is 1. The molecule has 0 bridgehead atoms. The highest BCUT2D eigenvalue weighted by Gasteiger charge is 2.13. The van der Waals surface area contributed by atoms with Crippen molar-refractivity contribution in [2.45, 2.75) is 26.3 Å². The summed E-state index contributed by atoms with van der Waals surface area (Å²) in [7, 11) is 0. The topological polar surface area (TPSA) is 29.9 Å². The molecular weight excluding hydrogens is 162 g/mol. The van der Waals surface area contributed by atoms with Crippen molar-refractivity contribution in [3.05, 3.63) is 18.0 Å². The van der Waals surface area contributed by atoms with Crippen LogP contribution in [-0.2, 0) is 6.54 Å². The van der Waals surface area contributed by atoms with E-state index in [-0.39, 0.29) is 0 Å². The maximum absolute atomic E-state index is 4.31. The van der Waals surface area contributed by atoms with Crippen molar-refractivity contribution in [2.75, 3.05) is 13.1 Å². The van der Waals surface area contributed by atoms with E-state index in [1.54, 1.807) is 0 Å². The van der Waals surface area contributed by atoms with E-state index in [1.807, 2.05) is 6.20 Å². The standard InChI is InChI=1S/C10H17N3/c1-9-6-12-13(7-9)8-10-2-4-11-5-3-10/h6-7,10-11H,2-5,8H2,1H3. The zero-order chi connectivity index (χ0) is 9.10. The molecule has 1 aromatic rings. The molecule has 13 heavy (non-hydrogen) atoms.